The molecule has 4 rings (SSSR count). The number of thioether (sulfide) groups is 1. The van der Waals surface area contributed by atoms with Crippen molar-refractivity contribution in [3.63, 3.8) is 0 Å². The Balaban J connectivity index is 1.42. The molecule has 2 atom stereocenters. The fourth-order valence-corrected chi connectivity index (χ4v) is 4.94. The highest BCUT2D eigenvalue weighted by atomic mass is 35.5. The molecule has 0 spiro atoms. The number of rotatable bonds is 3. The van der Waals surface area contributed by atoms with Crippen molar-refractivity contribution >= 4 is 52.5 Å². The summed E-state index contributed by atoms with van der Waals surface area (Å²) in [6.07, 6.45) is 1.41. The Kier molecular flexibility index (Phi) is 6.01. The lowest BCUT2D eigenvalue weighted by molar-refractivity contribution is -0.136. The van der Waals surface area contributed by atoms with E-state index in [2.05, 4.69) is 10.6 Å². The molecule has 0 bridgehead atoms. The van der Waals surface area contributed by atoms with E-state index < -0.39 is 5.25 Å². The molecule has 2 aromatic rings. The van der Waals surface area contributed by atoms with Crippen LogP contribution in [0.3, 0.4) is 0 Å². The van der Waals surface area contributed by atoms with Crippen molar-refractivity contribution in [2.75, 3.05) is 23.7 Å². The third-order valence-corrected chi connectivity index (χ3v) is 7.06. The average molecular weight is 444 g/mol. The molecular weight excluding hydrogens is 422 g/mol. The number of hydrogen-bond acceptors (Lipinski definition) is 4. The summed E-state index contributed by atoms with van der Waals surface area (Å²) in [4.78, 5) is 40.8. The van der Waals surface area contributed by atoms with Crippen LogP contribution in [0.25, 0.3) is 0 Å². The van der Waals surface area contributed by atoms with Crippen molar-refractivity contribution in [2.24, 2.45) is 5.92 Å². The number of carbonyl (C=O) groups excluding carboxylic acids is 3. The highest BCUT2D eigenvalue weighted by molar-refractivity contribution is 8.01. The standard InChI is InChI=1S/C22H22ClN3O3S/c1-13-8-9-15(11-16(13)23)24-20(27)14-5-4-10-26(12-14)22(29)19-21(28)25-17-6-2-3-7-18(17)30-19/h2-3,6-9,11,14,19H,4-5,10,12H2,1H3,(H,24,27)(H,25,28)/t14-,19-/m0/s1. The second kappa shape index (κ2) is 8.70. The highest BCUT2D eigenvalue weighted by Crippen LogP contribution is 2.36. The van der Waals surface area contributed by atoms with Crippen molar-refractivity contribution in [3.8, 4) is 0 Å². The molecule has 6 nitrogen and oxygen atoms in total. The Labute approximate surface area is 184 Å². The van der Waals surface area contributed by atoms with Crippen LogP contribution in [-0.2, 0) is 14.4 Å². The Morgan fingerprint density at radius 1 is 1.23 bits per heavy atom. The summed E-state index contributed by atoms with van der Waals surface area (Å²) in [6, 6.07) is 12.8. The number of hydrogen-bond donors (Lipinski definition) is 2. The highest BCUT2D eigenvalue weighted by Gasteiger charge is 2.38. The molecule has 1 fully saturated rings. The molecule has 1 saturated heterocycles. The Hall–Kier alpha value is -2.51. The number of carbonyl (C=O) groups is 3. The van der Waals surface area contributed by atoms with Crippen LogP contribution in [-0.4, -0.2) is 41.0 Å². The van der Waals surface area contributed by atoms with Gasteiger partial charge in [-0.2, -0.15) is 0 Å². The molecule has 0 radical (unpaired) electrons. The van der Waals surface area contributed by atoms with Crippen LogP contribution in [0.1, 0.15) is 18.4 Å². The van der Waals surface area contributed by atoms with Crippen molar-refractivity contribution in [3.05, 3.63) is 53.1 Å². The van der Waals surface area contributed by atoms with Gasteiger partial charge in [0, 0.05) is 28.7 Å². The van der Waals surface area contributed by atoms with Crippen molar-refractivity contribution in [2.45, 2.75) is 29.9 Å². The van der Waals surface area contributed by atoms with Crippen LogP contribution < -0.4 is 10.6 Å². The third-order valence-electron chi connectivity index (χ3n) is 5.40. The number of amides is 3. The largest absolute Gasteiger partial charge is 0.340 e. The van der Waals surface area contributed by atoms with E-state index in [4.69, 9.17) is 11.6 Å². The average Bonchev–Trinajstić information content (AvgIpc) is 2.75. The number of halogens is 1. The van der Waals surface area contributed by atoms with E-state index in [1.807, 2.05) is 43.3 Å². The molecule has 0 saturated carbocycles. The second-order valence-electron chi connectivity index (χ2n) is 7.56. The molecular formula is C22H22ClN3O3S. The van der Waals surface area contributed by atoms with Crippen LogP contribution in [0.2, 0.25) is 5.02 Å². The molecule has 2 heterocycles. The quantitative estimate of drug-likeness (QED) is 0.704. The third kappa shape index (κ3) is 4.32. The molecule has 8 heteroatoms. The molecule has 3 amide bonds. The minimum absolute atomic E-state index is 0.140. The predicted molar refractivity (Wildman–Crippen MR) is 119 cm³/mol. The van der Waals surface area contributed by atoms with Crippen LogP contribution in [0.5, 0.6) is 0 Å². The van der Waals surface area contributed by atoms with Gasteiger partial charge in [-0.15, -0.1) is 11.8 Å². The lowest BCUT2D eigenvalue weighted by Crippen LogP contribution is -2.50. The normalized spacial score (nSPS) is 20.9. The fraction of sp³-hybridized carbons (Fsp3) is 0.318. The van der Waals surface area contributed by atoms with Crippen LogP contribution in [0.4, 0.5) is 11.4 Å². The molecule has 156 valence electrons. The zero-order valence-corrected chi connectivity index (χ0v) is 18.1. The van der Waals surface area contributed by atoms with Gasteiger partial charge in [0.25, 0.3) is 0 Å². The van der Waals surface area contributed by atoms with Gasteiger partial charge in [0.2, 0.25) is 17.7 Å². The van der Waals surface area contributed by atoms with Gasteiger partial charge in [0.1, 0.15) is 0 Å². The molecule has 30 heavy (non-hydrogen) atoms. The van der Waals surface area contributed by atoms with Crippen LogP contribution in [0.15, 0.2) is 47.4 Å². The number of para-hydroxylation sites is 1. The van der Waals surface area contributed by atoms with Gasteiger partial charge in [-0.25, -0.2) is 0 Å². The number of anilines is 2. The van der Waals surface area contributed by atoms with Crippen molar-refractivity contribution in [1.29, 1.82) is 0 Å². The maximum Gasteiger partial charge on any atom is 0.247 e. The Morgan fingerprint density at radius 2 is 2.03 bits per heavy atom. The predicted octanol–water partition coefficient (Wildman–Crippen LogP) is 3.94. The van der Waals surface area contributed by atoms with Gasteiger partial charge < -0.3 is 15.5 Å². The monoisotopic (exact) mass is 443 g/mol. The van der Waals surface area contributed by atoms with E-state index in [9.17, 15) is 14.4 Å². The number of piperidine rings is 1. The smallest absolute Gasteiger partial charge is 0.247 e. The van der Waals surface area contributed by atoms with Gasteiger partial charge >= 0.3 is 0 Å². The number of nitrogens with one attached hydrogen (secondary N) is 2. The summed E-state index contributed by atoms with van der Waals surface area (Å²) < 4.78 is 0. The second-order valence-corrected chi connectivity index (χ2v) is 9.11. The molecule has 2 N–H and O–H groups in total. The summed E-state index contributed by atoms with van der Waals surface area (Å²) >= 11 is 7.40. The topological polar surface area (TPSA) is 78.5 Å². The number of nitrogens with zero attached hydrogens (tertiary/aromatic N) is 1. The summed E-state index contributed by atoms with van der Waals surface area (Å²) in [5.41, 5.74) is 2.30. The summed E-state index contributed by atoms with van der Waals surface area (Å²) in [7, 11) is 0. The number of likely N-dealkylation sites (tertiary alicyclic amines) is 1. The minimum Gasteiger partial charge on any atom is -0.340 e. The van der Waals surface area contributed by atoms with Crippen molar-refractivity contribution in [1.82, 2.24) is 4.90 Å². The number of benzene rings is 2. The zero-order valence-electron chi connectivity index (χ0n) is 16.5. The first-order chi connectivity index (χ1) is 14.4. The molecule has 2 aliphatic rings. The van der Waals surface area contributed by atoms with E-state index >= 15 is 0 Å². The van der Waals surface area contributed by atoms with E-state index in [-0.39, 0.29) is 23.6 Å². The zero-order chi connectivity index (χ0) is 21.3. The summed E-state index contributed by atoms with van der Waals surface area (Å²) in [6.45, 7) is 2.75. The van der Waals surface area contributed by atoms with Crippen LogP contribution >= 0.6 is 23.4 Å². The summed E-state index contributed by atoms with van der Waals surface area (Å²) in [5.74, 6) is -1.03. The van der Waals surface area contributed by atoms with Gasteiger partial charge in [0.15, 0.2) is 5.25 Å². The van der Waals surface area contributed by atoms with E-state index in [0.717, 1.165) is 16.1 Å². The maximum absolute atomic E-state index is 13.1. The Bertz CT molecular complexity index is 1010. The Morgan fingerprint density at radius 3 is 2.83 bits per heavy atom. The van der Waals surface area contributed by atoms with Gasteiger partial charge in [0.05, 0.1) is 11.6 Å². The van der Waals surface area contributed by atoms with Gasteiger partial charge in [-0.3, -0.25) is 14.4 Å². The minimum atomic E-state index is -0.836. The SMILES string of the molecule is Cc1ccc(NC(=O)[C@H]2CCCN(C(=O)[C@H]3Sc4ccccc4NC3=O)C2)cc1Cl. The van der Waals surface area contributed by atoms with Crippen LogP contribution in [0, 0.1) is 12.8 Å². The fourth-order valence-electron chi connectivity index (χ4n) is 3.69. The maximum atomic E-state index is 13.1. The van der Waals surface area contributed by atoms with Gasteiger partial charge in [-0.1, -0.05) is 29.8 Å². The molecule has 2 aliphatic heterocycles. The first-order valence-corrected chi connectivity index (χ1v) is 11.1. The first-order valence-electron chi connectivity index (χ1n) is 9.85. The van der Waals surface area contributed by atoms with Crippen molar-refractivity contribution < 1.29 is 14.4 Å². The molecule has 0 aromatic heterocycles. The van der Waals surface area contributed by atoms with E-state index in [0.29, 0.717) is 36.6 Å². The van der Waals surface area contributed by atoms with E-state index in [1.54, 1.807) is 11.0 Å². The molecule has 2 aromatic carbocycles. The van der Waals surface area contributed by atoms with E-state index in [1.165, 1.54) is 11.8 Å². The molecule has 0 aliphatic carbocycles. The number of fused-ring (bicyclic) bond motifs is 1. The molecule has 0 unspecified atom stereocenters. The lowest BCUT2D eigenvalue weighted by Gasteiger charge is -2.35. The first kappa shape index (κ1) is 20.8. The number of aryl methyl sites for hydroxylation is 1. The lowest BCUT2D eigenvalue weighted by atomic mass is 9.96. The summed E-state index contributed by atoms with van der Waals surface area (Å²) in [5, 5.41) is 5.46. The van der Waals surface area contributed by atoms with Gasteiger partial charge in [-0.05, 0) is 49.6 Å².